The van der Waals surface area contributed by atoms with Gasteiger partial charge in [-0.05, 0) is 24.3 Å². The second-order valence-corrected chi connectivity index (χ2v) is 3.90. The molecule has 0 aliphatic carbocycles. The number of hydrogen-bond acceptors (Lipinski definition) is 2. The van der Waals surface area contributed by atoms with E-state index in [1.54, 1.807) is 12.0 Å². The van der Waals surface area contributed by atoms with Crippen molar-refractivity contribution in [3.05, 3.63) is 36.9 Å². The van der Waals surface area contributed by atoms with Crippen LogP contribution in [-0.2, 0) is 4.79 Å². The number of benzene rings is 1. The maximum absolute atomic E-state index is 11.7. The van der Waals surface area contributed by atoms with E-state index in [4.69, 9.17) is 4.74 Å². The van der Waals surface area contributed by atoms with E-state index in [1.807, 2.05) is 30.3 Å². The molecule has 1 atom stereocenters. The highest BCUT2D eigenvalue weighted by Gasteiger charge is 2.28. The molecular formula is C13H15NO2. The molecule has 1 aromatic carbocycles. The standard InChI is InChI=1S/C13H15NO2/c1-3-10-8-13(15)14(9-10)11-4-6-12(16-2)7-5-11/h3-7,10H,1,8-9H2,2H3. The summed E-state index contributed by atoms with van der Waals surface area (Å²) < 4.78 is 5.08. The molecule has 1 fully saturated rings. The molecule has 1 unspecified atom stereocenters. The highest BCUT2D eigenvalue weighted by molar-refractivity contribution is 5.96. The van der Waals surface area contributed by atoms with Gasteiger partial charge in [-0.15, -0.1) is 6.58 Å². The van der Waals surface area contributed by atoms with Crippen molar-refractivity contribution in [1.29, 1.82) is 0 Å². The van der Waals surface area contributed by atoms with Gasteiger partial charge in [0, 0.05) is 24.6 Å². The second-order valence-electron chi connectivity index (χ2n) is 3.90. The molecule has 1 aromatic rings. The molecule has 0 N–H and O–H groups in total. The van der Waals surface area contributed by atoms with Crippen molar-refractivity contribution in [3.63, 3.8) is 0 Å². The molecule has 1 aliphatic heterocycles. The third kappa shape index (κ3) is 1.94. The summed E-state index contributed by atoms with van der Waals surface area (Å²) in [6, 6.07) is 7.54. The Morgan fingerprint density at radius 1 is 1.44 bits per heavy atom. The van der Waals surface area contributed by atoms with Crippen molar-refractivity contribution in [2.24, 2.45) is 5.92 Å². The fourth-order valence-corrected chi connectivity index (χ4v) is 1.90. The van der Waals surface area contributed by atoms with Crippen LogP contribution in [0.2, 0.25) is 0 Å². The van der Waals surface area contributed by atoms with E-state index < -0.39 is 0 Å². The first-order valence-electron chi connectivity index (χ1n) is 5.31. The number of anilines is 1. The van der Waals surface area contributed by atoms with E-state index in [-0.39, 0.29) is 11.8 Å². The Balaban J connectivity index is 2.17. The lowest BCUT2D eigenvalue weighted by atomic mass is 10.1. The Kier molecular flexibility index (Phi) is 2.95. The summed E-state index contributed by atoms with van der Waals surface area (Å²) in [7, 11) is 1.63. The molecule has 2 rings (SSSR count). The minimum absolute atomic E-state index is 0.162. The highest BCUT2D eigenvalue weighted by Crippen LogP contribution is 2.26. The van der Waals surface area contributed by atoms with Crippen LogP contribution in [0.5, 0.6) is 5.75 Å². The summed E-state index contributed by atoms with van der Waals surface area (Å²) in [6.07, 6.45) is 2.41. The van der Waals surface area contributed by atoms with E-state index in [0.29, 0.717) is 6.42 Å². The summed E-state index contributed by atoms with van der Waals surface area (Å²) in [4.78, 5) is 13.5. The Labute approximate surface area is 95.3 Å². The molecule has 16 heavy (non-hydrogen) atoms. The van der Waals surface area contributed by atoms with Crippen LogP contribution in [0.3, 0.4) is 0 Å². The van der Waals surface area contributed by atoms with Gasteiger partial charge in [0.05, 0.1) is 7.11 Å². The largest absolute Gasteiger partial charge is 0.497 e. The molecule has 1 aliphatic rings. The van der Waals surface area contributed by atoms with Crippen LogP contribution >= 0.6 is 0 Å². The lowest BCUT2D eigenvalue weighted by molar-refractivity contribution is -0.117. The fourth-order valence-electron chi connectivity index (χ4n) is 1.90. The lowest BCUT2D eigenvalue weighted by Gasteiger charge is -2.16. The average Bonchev–Trinajstić information content (AvgIpc) is 2.71. The number of rotatable bonds is 3. The Morgan fingerprint density at radius 3 is 2.62 bits per heavy atom. The number of carbonyl (C=O) groups is 1. The smallest absolute Gasteiger partial charge is 0.227 e. The Morgan fingerprint density at radius 2 is 2.12 bits per heavy atom. The van der Waals surface area contributed by atoms with Crippen molar-refractivity contribution >= 4 is 11.6 Å². The summed E-state index contributed by atoms with van der Waals surface area (Å²) in [6.45, 7) is 4.46. The van der Waals surface area contributed by atoms with E-state index in [2.05, 4.69) is 6.58 Å². The lowest BCUT2D eigenvalue weighted by Crippen LogP contribution is -2.24. The van der Waals surface area contributed by atoms with Gasteiger partial charge < -0.3 is 9.64 Å². The molecule has 0 saturated carbocycles. The highest BCUT2D eigenvalue weighted by atomic mass is 16.5. The number of amides is 1. The Bertz CT molecular complexity index is 397. The molecule has 84 valence electrons. The maximum Gasteiger partial charge on any atom is 0.227 e. The molecule has 1 heterocycles. The van der Waals surface area contributed by atoms with Crippen molar-refractivity contribution < 1.29 is 9.53 Å². The van der Waals surface area contributed by atoms with Crippen LogP contribution in [0.15, 0.2) is 36.9 Å². The minimum atomic E-state index is 0.162. The minimum Gasteiger partial charge on any atom is -0.497 e. The third-order valence-corrected chi connectivity index (χ3v) is 2.87. The van der Waals surface area contributed by atoms with Gasteiger partial charge in [0.2, 0.25) is 5.91 Å². The SMILES string of the molecule is C=CC1CC(=O)N(c2ccc(OC)cc2)C1. The van der Waals surface area contributed by atoms with Crippen LogP contribution < -0.4 is 9.64 Å². The first kappa shape index (κ1) is 10.7. The fraction of sp³-hybridized carbons (Fsp3) is 0.308. The summed E-state index contributed by atoms with van der Waals surface area (Å²) >= 11 is 0. The van der Waals surface area contributed by atoms with Gasteiger partial charge in [0.1, 0.15) is 5.75 Å². The van der Waals surface area contributed by atoms with Crippen molar-refractivity contribution in [1.82, 2.24) is 0 Å². The third-order valence-electron chi connectivity index (χ3n) is 2.87. The van der Waals surface area contributed by atoms with Gasteiger partial charge in [-0.1, -0.05) is 6.08 Å². The second kappa shape index (κ2) is 4.39. The summed E-state index contributed by atoms with van der Waals surface area (Å²) in [5.41, 5.74) is 0.926. The predicted molar refractivity (Wildman–Crippen MR) is 63.7 cm³/mol. The quantitative estimate of drug-likeness (QED) is 0.727. The summed E-state index contributed by atoms with van der Waals surface area (Å²) in [5.74, 6) is 1.24. The maximum atomic E-state index is 11.7. The number of carbonyl (C=O) groups excluding carboxylic acids is 1. The van der Waals surface area contributed by atoms with Crippen LogP contribution in [-0.4, -0.2) is 19.6 Å². The van der Waals surface area contributed by atoms with Gasteiger partial charge in [0.25, 0.3) is 0 Å². The van der Waals surface area contributed by atoms with Crippen molar-refractivity contribution in [3.8, 4) is 5.75 Å². The summed E-state index contributed by atoms with van der Waals surface area (Å²) in [5, 5.41) is 0. The first-order chi connectivity index (χ1) is 7.74. The molecular weight excluding hydrogens is 202 g/mol. The van der Waals surface area contributed by atoms with Gasteiger partial charge in [-0.2, -0.15) is 0 Å². The zero-order valence-electron chi connectivity index (χ0n) is 9.35. The molecule has 3 nitrogen and oxygen atoms in total. The zero-order chi connectivity index (χ0) is 11.5. The number of hydrogen-bond donors (Lipinski definition) is 0. The first-order valence-corrected chi connectivity index (χ1v) is 5.31. The topological polar surface area (TPSA) is 29.5 Å². The monoisotopic (exact) mass is 217 g/mol. The molecule has 1 saturated heterocycles. The van der Waals surface area contributed by atoms with E-state index in [0.717, 1.165) is 18.0 Å². The van der Waals surface area contributed by atoms with Gasteiger partial charge >= 0.3 is 0 Å². The van der Waals surface area contributed by atoms with Crippen LogP contribution in [0.1, 0.15) is 6.42 Å². The average molecular weight is 217 g/mol. The molecule has 0 bridgehead atoms. The van der Waals surface area contributed by atoms with E-state index >= 15 is 0 Å². The molecule has 1 amide bonds. The number of methoxy groups -OCH3 is 1. The van der Waals surface area contributed by atoms with E-state index in [9.17, 15) is 4.79 Å². The van der Waals surface area contributed by atoms with Crippen LogP contribution in [0.4, 0.5) is 5.69 Å². The van der Waals surface area contributed by atoms with Crippen molar-refractivity contribution in [2.75, 3.05) is 18.6 Å². The number of ether oxygens (including phenoxy) is 1. The molecule has 0 spiro atoms. The number of nitrogens with zero attached hydrogens (tertiary/aromatic N) is 1. The van der Waals surface area contributed by atoms with Crippen LogP contribution in [0.25, 0.3) is 0 Å². The zero-order valence-corrected chi connectivity index (χ0v) is 9.35. The Hall–Kier alpha value is -1.77. The predicted octanol–water partition coefficient (Wildman–Crippen LogP) is 2.23. The molecule has 0 radical (unpaired) electrons. The van der Waals surface area contributed by atoms with Gasteiger partial charge in [0.15, 0.2) is 0 Å². The van der Waals surface area contributed by atoms with Gasteiger partial charge in [-0.3, -0.25) is 4.79 Å². The van der Waals surface area contributed by atoms with Crippen molar-refractivity contribution in [2.45, 2.75) is 6.42 Å². The van der Waals surface area contributed by atoms with Crippen LogP contribution in [0, 0.1) is 5.92 Å². The van der Waals surface area contributed by atoms with Gasteiger partial charge in [-0.25, -0.2) is 0 Å². The van der Waals surface area contributed by atoms with E-state index in [1.165, 1.54) is 0 Å². The molecule has 3 heteroatoms. The molecule has 0 aromatic heterocycles. The normalized spacial score (nSPS) is 19.9.